The van der Waals surface area contributed by atoms with Crippen molar-refractivity contribution in [1.29, 1.82) is 0 Å². The number of ether oxygens (including phenoxy) is 2. The van der Waals surface area contributed by atoms with Crippen molar-refractivity contribution in [2.24, 2.45) is 0 Å². The highest BCUT2D eigenvalue weighted by Crippen LogP contribution is 2.34. The largest absolute Gasteiger partial charge is 0.454 e. The fourth-order valence-corrected chi connectivity index (χ4v) is 3.63. The Morgan fingerprint density at radius 1 is 1.14 bits per heavy atom. The van der Waals surface area contributed by atoms with Crippen LogP contribution in [-0.4, -0.2) is 44.3 Å². The van der Waals surface area contributed by atoms with Gasteiger partial charge in [-0.05, 0) is 29.8 Å². The molecule has 0 aliphatic carbocycles. The first-order valence-corrected chi connectivity index (χ1v) is 10.9. The van der Waals surface area contributed by atoms with Crippen molar-refractivity contribution in [1.82, 2.24) is 25.1 Å². The van der Waals surface area contributed by atoms with Crippen LogP contribution >= 0.6 is 11.6 Å². The van der Waals surface area contributed by atoms with Crippen LogP contribution in [-0.2, 0) is 0 Å². The van der Waals surface area contributed by atoms with Gasteiger partial charge in [0.2, 0.25) is 12.7 Å². The SMILES string of the molecule is O=C(Nc1cnn(-c2ccnc(Nc3ccc4c(c3)OCO4)n2)c1)NC(CO)c1cccc(Cl)c1. The number of anilines is 3. The van der Waals surface area contributed by atoms with E-state index in [2.05, 4.69) is 31.0 Å². The first-order chi connectivity index (χ1) is 17.1. The van der Waals surface area contributed by atoms with Crippen LogP contribution in [0, 0.1) is 0 Å². The Labute approximate surface area is 204 Å². The fraction of sp³-hybridized carbons (Fsp3) is 0.130. The molecule has 0 spiro atoms. The smallest absolute Gasteiger partial charge is 0.319 e. The Bertz CT molecular complexity index is 1360. The quantitative estimate of drug-likeness (QED) is 0.306. The number of amides is 2. The van der Waals surface area contributed by atoms with Gasteiger partial charge in [0.15, 0.2) is 17.3 Å². The van der Waals surface area contributed by atoms with E-state index in [0.717, 1.165) is 5.69 Å². The van der Waals surface area contributed by atoms with Crippen LogP contribution in [0.1, 0.15) is 11.6 Å². The minimum Gasteiger partial charge on any atom is -0.454 e. The second kappa shape index (κ2) is 9.87. The van der Waals surface area contributed by atoms with E-state index in [1.807, 2.05) is 6.07 Å². The van der Waals surface area contributed by atoms with E-state index in [1.54, 1.807) is 54.9 Å². The number of rotatable bonds is 7. The number of hydrogen-bond acceptors (Lipinski definition) is 8. The molecule has 11 nitrogen and oxygen atoms in total. The fourth-order valence-electron chi connectivity index (χ4n) is 3.44. The Morgan fingerprint density at radius 2 is 2.03 bits per heavy atom. The molecule has 0 fully saturated rings. The lowest BCUT2D eigenvalue weighted by Gasteiger charge is -2.17. The molecule has 3 heterocycles. The lowest BCUT2D eigenvalue weighted by molar-refractivity contribution is 0.174. The number of aliphatic hydroxyl groups excluding tert-OH is 1. The van der Waals surface area contributed by atoms with Gasteiger partial charge in [0.05, 0.1) is 30.7 Å². The molecule has 178 valence electrons. The van der Waals surface area contributed by atoms with Gasteiger partial charge in [-0.1, -0.05) is 23.7 Å². The summed E-state index contributed by atoms with van der Waals surface area (Å²) in [5.41, 5.74) is 1.87. The van der Waals surface area contributed by atoms with Gasteiger partial charge < -0.3 is 30.5 Å². The van der Waals surface area contributed by atoms with Crippen molar-refractivity contribution in [3.8, 4) is 17.3 Å². The van der Waals surface area contributed by atoms with E-state index in [0.29, 0.717) is 39.5 Å². The zero-order valence-electron chi connectivity index (χ0n) is 18.2. The molecule has 0 bridgehead atoms. The zero-order valence-corrected chi connectivity index (χ0v) is 18.9. The number of fused-ring (bicyclic) bond motifs is 1. The van der Waals surface area contributed by atoms with Gasteiger partial charge in [-0.25, -0.2) is 14.5 Å². The number of aromatic nitrogens is 4. The Kier molecular flexibility index (Phi) is 6.33. The Morgan fingerprint density at radius 3 is 2.89 bits per heavy atom. The molecule has 4 N–H and O–H groups in total. The summed E-state index contributed by atoms with van der Waals surface area (Å²) in [6.45, 7) is -0.0904. The van der Waals surface area contributed by atoms with Crippen molar-refractivity contribution >= 4 is 35.0 Å². The van der Waals surface area contributed by atoms with Crippen LogP contribution in [0.5, 0.6) is 11.5 Å². The highest BCUT2D eigenvalue weighted by molar-refractivity contribution is 6.30. The van der Waals surface area contributed by atoms with Gasteiger partial charge in [0.25, 0.3) is 0 Å². The average Bonchev–Trinajstić information content (AvgIpc) is 3.52. The van der Waals surface area contributed by atoms with Crippen LogP contribution in [0.15, 0.2) is 67.1 Å². The van der Waals surface area contributed by atoms with Crippen LogP contribution in [0.4, 0.5) is 22.1 Å². The molecule has 2 aromatic heterocycles. The molecule has 4 aromatic rings. The maximum atomic E-state index is 12.5. The first kappa shape index (κ1) is 22.4. The highest BCUT2D eigenvalue weighted by Gasteiger charge is 2.16. The number of aliphatic hydroxyl groups is 1. The normalized spacial score (nSPS) is 12.7. The zero-order chi connectivity index (χ0) is 24.2. The summed E-state index contributed by atoms with van der Waals surface area (Å²) in [6, 6.07) is 12.9. The van der Waals surface area contributed by atoms with Crippen molar-refractivity contribution in [3.05, 3.63) is 77.7 Å². The molecular formula is C23H20ClN7O4. The Hall–Kier alpha value is -4.35. The van der Waals surface area contributed by atoms with E-state index in [4.69, 9.17) is 21.1 Å². The topological polar surface area (TPSA) is 135 Å². The second-order valence-corrected chi connectivity index (χ2v) is 7.93. The van der Waals surface area contributed by atoms with Gasteiger partial charge in [-0.15, -0.1) is 0 Å². The highest BCUT2D eigenvalue weighted by atomic mass is 35.5. The van der Waals surface area contributed by atoms with Crippen molar-refractivity contribution in [2.75, 3.05) is 24.0 Å². The lowest BCUT2D eigenvalue weighted by atomic mass is 10.1. The first-order valence-electron chi connectivity index (χ1n) is 10.6. The molecule has 0 saturated carbocycles. The number of halogens is 1. The molecule has 1 aliphatic rings. The van der Waals surface area contributed by atoms with E-state index in [9.17, 15) is 9.90 Å². The minimum atomic E-state index is -0.615. The third-order valence-corrected chi connectivity index (χ3v) is 5.32. The molecular weight excluding hydrogens is 474 g/mol. The monoisotopic (exact) mass is 493 g/mol. The van der Waals surface area contributed by atoms with E-state index >= 15 is 0 Å². The maximum Gasteiger partial charge on any atom is 0.319 e. The summed E-state index contributed by atoms with van der Waals surface area (Å²) in [4.78, 5) is 21.2. The minimum absolute atomic E-state index is 0.194. The number of nitrogens with one attached hydrogen (secondary N) is 3. The number of benzene rings is 2. The molecule has 0 saturated heterocycles. The molecule has 0 radical (unpaired) electrons. The van der Waals surface area contributed by atoms with Crippen LogP contribution in [0.2, 0.25) is 5.02 Å². The summed E-state index contributed by atoms with van der Waals surface area (Å²) in [7, 11) is 0. The second-order valence-electron chi connectivity index (χ2n) is 7.49. The third kappa shape index (κ3) is 5.26. The lowest BCUT2D eigenvalue weighted by Crippen LogP contribution is -2.34. The van der Waals surface area contributed by atoms with Gasteiger partial charge in [-0.3, -0.25) is 0 Å². The predicted octanol–water partition coefficient (Wildman–Crippen LogP) is 3.64. The van der Waals surface area contributed by atoms with E-state index in [1.165, 1.54) is 10.9 Å². The summed E-state index contributed by atoms with van der Waals surface area (Å²) in [5.74, 6) is 2.18. The number of urea groups is 1. The molecule has 35 heavy (non-hydrogen) atoms. The van der Waals surface area contributed by atoms with Crippen LogP contribution in [0.25, 0.3) is 5.82 Å². The summed E-state index contributed by atoms with van der Waals surface area (Å²) >= 11 is 6.01. The molecule has 1 aliphatic heterocycles. The van der Waals surface area contributed by atoms with Gasteiger partial charge in [0, 0.05) is 29.0 Å². The number of nitrogens with zero attached hydrogens (tertiary/aromatic N) is 4. The molecule has 1 unspecified atom stereocenters. The molecule has 12 heteroatoms. The van der Waals surface area contributed by atoms with Crippen molar-refractivity contribution in [2.45, 2.75) is 6.04 Å². The number of carbonyl (C=O) groups is 1. The maximum absolute atomic E-state index is 12.5. The molecule has 5 rings (SSSR count). The standard InChI is InChI=1S/C23H20ClN7O4/c24-15-3-1-2-14(8-15)18(12-32)29-23(33)28-17-10-26-31(11-17)21-6-7-25-22(30-21)27-16-4-5-19-20(9-16)35-13-34-19/h1-11,18,32H,12-13H2,(H,25,27,30)(H2,28,29,33). The van der Waals surface area contributed by atoms with E-state index < -0.39 is 12.1 Å². The van der Waals surface area contributed by atoms with Gasteiger partial charge in [0.1, 0.15) is 0 Å². The van der Waals surface area contributed by atoms with Crippen molar-refractivity contribution < 1.29 is 19.4 Å². The molecule has 2 amide bonds. The van der Waals surface area contributed by atoms with E-state index in [-0.39, 0.29) is 13.4 Å². The summed E-state index contributed by atoms with van der Waals surface area (Å²) in [6.07, 6.45) is 4.69. The van der Waals surface area contributed by atoms with Crippen molar-refractivity contribution in [3.63, 3.8) is 0 Å². The molecule has 1 atom stereocenters. The summed E-state index contributed by atoms with van der Waals surface area (Å²) < 4.78 is 12.2. The number of hydrogen-bond donors (Lipinski definition) is 4. The van der Waals surface area contributed by atoms with Crippen LogP contribution in [0.3, 0.4) is 0 Å². The summed E-state index contributed by atoms with van der Waals surface area (Å²) in [5, 5.41) is 23.0. The average molecular weight is 494 g/mol. The predicted molar refractivity (Wildman–Crippen MR) is 128 cm³/mol. The number of carbonyl (C=O) groups excluding carboxylic acids is 1. The van der Waals surface area contributed by atoms with Crippen LogP contribution < -0.4 is 25.4 Å². The third-order valence-electron chi connectivity index (χ3n) is 5.08. The Balaban J connectivity index is 1.24. The molecule has 2 aromatic carbocycles. The van der Waals surface area contributed by atoms with Gasteiger partial charge >= 0.3 is 6.03 Å². The van der Waals surface area contributed by atoms with Gasteiger partial charge in [-0.2, -0.15) is 10.1 Å².